The largest absolute Gasteiger partial charge is 0.367 e. The summed E-state index contributed by atoms with van der Waals surface area (Å²) in [7, 11) is 0. The maximum absolute atomic E-state index is 16.2. The molecule has 0 bridgehead atoms. The standard InChI is InChI=1S/C35H39F3N10O2S/c1-3-42-16-29(34(50)23-13-25(37)32(30(38)31(23)42)44-11-8-40-20(2)15-44)48-19-51-35-41-46(18-47(35)48)28-17-45(21-4-5-21)26-14-27(43-9-6-39-7-10-43)24(36)12-22(26)33(28)49/h12-14,16-17,20-21,39-40H,3-11,15,18-19H2,1-2H3. The van der Waals surface area contributed by atoms with Crippen LogP contribution < -0.4 is 41.3 Å². The van der Waals surface area contributed by atoms with E-state index in [0.29, 0.717) is 72.6 Å². The second kappa shape index (κ2) is 12.4. The van der Waals surface area contributed by atoms with Crippen molar-refractivity contribution in [3.05, 3.63) is 68.5 Å². The normalized spacial score (nSPS) is 21.0. The van der Waals surface area contributed by atoms with Gasteiger partial charge in [0.2, 0.25) is 16.0 Å². The summed E-state index contributed by atoms with van der Waals surface area (Å²) in [6.07, 6.45) is 5.37. The van der Waals surface area contributed by atoms with Crippen LogP contribution in [0.1, 0.15) is 32.7 Å². The average molecular weight is 721 g/mol. The first-order chi connectivity index (χ1) is 24.7. The van der Waals surface area contributed by atoms with Crippen molar-refractivity contribution in [3.63, 3.8) is 0 Å². The fourth-order valence-corrected chi connectivity index (χ4v) is 8.80. The topological polar surface area (TPSA) is 96.6 Å². The van der Waals surface area contributed by atoms with Gasteiger partial charge in [0.15, 0.2) is 5.82 Å². The van der Waals surface area contributed by atoms with Crippen LogP contribution in [0.3, 0.4) is 0 Å². The highest BCUT2D eigenvalue weighted by Crippen LogP contribution is 2.40. The summed E-state index contributed by atoms with van der Waals surface area (Å²) in [6.45, 7) is 8.70. The van der Waals surface area contributed by atoms with Gasteiger partial charge in [-0.05, 0) is 44.9 Å². The van der Waals surface area contributed by atoms with Crippen LogP contribution in [0.15, 0.2) is 45.3 Å². The van der Waals surface area contributed by atoms with Crippen molar-refractivity contribution in [1.29, 1.82) is 0 Å². The van der Waals surface area contributed by atoms with Crippen LogP contribution in [-0.4, -0.2) is 83.7 Å². The molecule has 268 valence electrons. The lowest BCUT2D eigenvalue weighted by Crippen LogP contribution is -2.49. The molecule has 9 rings (SSSR count). The number of rotatable bonds is 6. The van der Waals surface area contributed by atoms with Gasteiger partial charge in [-0.2, -0.15) is 0 Å². The number of nitrogens with zero attached hydrogens (tertiary/aromatic N) is 8. The van der Waals surface area contributed by atoms with Crippen molar-refractivity contribution in [2.75, 3.05) is 78.2 Å². The Labute approximate surface area is 296 Å². The molecule has 1 unspecified atom stereocenters. The van der Waals surface area contributed by atoms with E-state index in [1.54, 1.807) is 30.7 Å². The second-order valence-corrected chi connectivity index (χ2v) is 14.8. The van der Waals surface area contributed by atoms with Crippen LogP contribution in [0.25, 0.3) is 21.8 Å². The van der Waals surface area contributed by atoms with E-state index >= 15 is 13.2 Å². The summed E-state index contributed by atoms with van der Waals surface area (Å²) in [5.74, 6) is -1.59. The molecule has 2 N–H and O–H groups in total. The number of hydrazine groups is 1. The first-order valence-corrected chi connectivity index (χ1v) is 18.6. The van der Waals surface area contributed by atoms with Crippen molar-refractivity contribution < 1.29 is 13.2 Å². The maximum Gasteiger partial charge on any atom is 0.214 e. The van der Waals surface area contributed by atoms with Crippen LogP contribution in [0, 0.1) is 17.5 Å². The summed E-state index contributed by atoms with van der Waals surface area (Å²) in [5, 5.41) is 17.3. The van der Waals surface area contributed by atoms with E-state index in [9.17, 15) is 9.59 Å². The molecule has 4 fully saturated rings. The van der Waals surface area contributed by atoms with Gasteiger partial charge in [-0.25, -0.2) is 23.2 Å². The number of halogens is 3. The van der Waals surface area contributed by atoms with Crippen LogP contribution in [0.5, 0.6) is 0 Å². The number of anilines is 4. The Kier molecular flexibility index (Phi) is 7.88. The van der Waals surface area contributed by atoms with Crippen LogP contribution >= 0.6 is 11.8 Å². The van der Waals surface area contributed by atoms with E-state index in [4.69, 9.17) is 5.10 Å². The summed E-state index contributed by atoms with van der Waals surface area (Å²) in [6, 6.07) is 4.60. The van der Waals surface area contributed by atoms with Gasteiger partial charge in [-0.1, -0.05) is 11.8 Å². The zero-order valence-electron chi connectivity index (χ0n) is 28.5. The highest BCUT2D eigenvalue weighted by Gasteiger charge is 2.39. The van der Waals surface area contributed by atoms with Crippen LogP contribution in [-0.2, 0) is 6.54 Å². The number of aromatic nitrogens is 2. The van der Waals surface area contributed by atoms with Crippen LogP contribution in [0.4, 0.5) is 35.9 Å². The average Bonchev–Trinajstić information content (AvgIpc) is 3.77. The summed E-state index contributed by atoms with van der Waals surface area (Å²) >= 11 is 1.39. The predicted molar refractivity (Wildman–Crippen MR) is 197 cm³/mol. The van der Waals surface area contributed by atoms with E-state index in [1.807, 2.05) is 31.0 Å². The number of hydrogen-bond donors (Lipinski definition) is 2. The zero-order chi connectivity index (χ0) is 35.1. The van der Waals surface area contributed by atoms with Gasteiger partial charge in [-0.3, -0.25) is 14.6 Å². The number of thioether (sulfide) groups is 1. The summed E-state index contributed by atoms with van der Waals surface area (Å²) in [5.41, 5.74) is 0.912. The Bertz CT molecular complexity index is 2230. The number of hydrogen-bond acceptors (Lipinski definition) is 11. The highest BCUT2D eigenvalue weighted by molar-refractivity contribution is 8.14. The first kappa shape index (κ1) is 32.5. The number of benzene rings is 2. The van der Waals surface area contributed by atoms with Gasteiger partial charge in [0.1, 0.15) is 35.4 Å². The Morgan fingerprint density at radius 3 is 2.37 bits per heavy atom. The second-order valence-electron chi connectivity index (χ2n) is 13.9. The van der Waals surface area contributed by atoms with Gasteiger partial charge >= 0.3 is 0 Å². The van der Waals surface area contributed by atoms with E-state index < -0.39 is 22.9 Å². The van der Waals surface area contributed by atoms with Gasteiger partial charge in [0.25, 0.3) is 0 Å². The quantitative estimate of drug-likeness (QED) is 0.307. The molecule has 1 atom stereocenters. The Morgan fingerprint density at radius 2 is 1.63 bits per heavy atom. The molecule has 0 radical (unpaired) electrons. The van der Waals surface area contributed by atoms with Gasteiger partial charge in [-0.15, -0.1) is 5.10 Å². The Morgan fingerprint density at radius 1 is 0.882 bits per heavy atom. The summed E-state index contributed by atoms with van der Waals surface area (Å²) < 4.78 is 51.3. The summed E-state index contributed by atoms with van der Waals surface area (Å²) in [4.78, 5) is 31.8. The molecule has 5 aliphatic rings. The number of amidine groups is 1. The SMILES string of the molecule is CCn1cc(N2CSC3=NN(c4cn(C5CC5)c5cc(N6CCNCC6)c(F)cc5c4=O)CN32)c(=O)c2cc(F)c(N3CCNC(C)C3)c(F)c21. The molecule has 0 spiro atoms. The van der Waals surface area contributed by atoms with Crippen molar-refractivity contribution in [2.45, 2.75) is 45.3 Å². The number of piperazine rings is 2. The number of fused-ring (bicyclic) bond motifs is 3. The lowest BCUT2D eigenvalue weighted by atomic mass is 10.1. The molecule has 0 amide bonds. The molecule has 51 heavy (non-hydrogen) atoms. The number of nitrogens with one attached hydrogen (secondary N) is 2. The van der Waals surface area contributed by atoms with E-state index in [0.717, 1.165) is 32.0 Å². The van der Waals surface area contributed by atoms with Crippen molar-refractivity contribution >= 4 is 61.5 Å². The molecule has 2 aromatic carbocycles. The third-order valence-electron chi connectivity index (χ3n) is 10.6. The minimum atomic E-state index is -0.767. The molecule has 2 aromatic heterocycles. The van der Waals surface area contributed by atoms with Crippen LogP contribution in [0.2, 0.25) is 0 Å². The fraction of sp³-hybridized carbons (Fsp3) is 0.457. The minimum absolute atomic E-state index is 0.0354. The predicted octanol–water partition coefficient (Wildman–Crippen LogP) is 3.77. The molecule has 4 aliphatic heterocycles. The van der Waals surface area contributed by atoms with Crippen molar-refractivity contribution in [2.24, 2.45) is 5.10 Å². The third kappa shape index (κ3) is 5.32. The lowest BCUT2D eigenvalue weighted by molar-refractivity contribution is 0.442. The number of hydrazone groups is 1. The monoisotopic (exact) mass is 720 g/mol. The van der Waals surface area contributed by atoms with Gasteiger partial charge in [0, 0.05) is 76.8 Å². The minimum Gasteiger partial charge on any atom is -0.367 e. The maximum atomic E-state index is 16.2. The van der Waals surface area contributed by atoms with E-state index in [-0.39, 0.29) is 46.5 Å². The molecular weight excluding hydrogens is 682 g/mol. The zero-order valence-corrected chi connectivity index (χ0v) is 29.3. The first-order valence-electron chi connectivity index (χ1n) is 17.6. The molecule has 4 aromatic rings. The van der Waals surface area contributed by atoms with Gasteiger partial charge in [0.05, 0.1) is 33.4 Å². The van der Waals surface area contributed by atoms with Crippen molar-refractivity contribution in [1.82, 2.24) is 24.8 Å². The molecule has 1 aliphatic carbocycles. The lowest BCUT2D eigenvalue weighted by Gasteiger charge is -2.34. The molecule has 16 heteroatoms. The Hall–Kier alpha value is -4.41. The number of aryl methyl sites for hydroxylation is 1. The molecule has 6 heterocycles. The van der Waals surface area contributed by atoms with E-state index in [1.165, 1.54) is 17.8 Å². The third-order valence-corrected chi connectivity index (χ3v) is 11.5. The van der Waals surface area contributed by atoms with E-state index in [2.05, 4.69) is 15.2 Å². The molecule has 1 saturated carbocycles. The van der Waals surface area contributed by atoms with Crippen molar-refractivity contribution in [3.8, 4) is 0 Å². The molecule has 3 saturated heterocycles. The van der Waals surface area contributed by atoms with Gasteiger partial charge < -0.3 is 29.6 Å². The Balaban J connectivity index is 1.07. The fourth-order valence-electron chi connectivity index (χ4n) is 7.83. The highest BCUT2D eigenvalue weighted by atomic mass is 32.2. The number of pyridine rings is 2. The smallest absolute Gasteiger partial charge is 0.214 e. The molecular formula is C35H39F3N10O2S. The molecule has 12 nitrogen and oxygen atoms in total.